The molecular formula is C13H14FN3O3. The monoisotopic (exact) mass is 279 g/mol. The quantitative estimate of drug-likeness (QED) is 0.649. The van der Waals surface area contributed by atoms with Crippen LogP contribution in [-0.2, 0) is 19.5 Å². The van der Waals surface area contributed by atoms with Crippen LogP contribution in [0.15, 0.2) is 28.8 Å². The maximum atomic E-state index is 13.4. The van der Waals surface area contributed by atoms with Gasteiger partial charge in [-0.15, -0.1) is 0 Å². The molecule has 0 fully saturated rings. The summed E-state index contributed by atoms with van der Waals surface area (Å²) < 4.78 is 18.8. The molecule has 20 heavy (non-hydrogen) atoms. The lowest BCUT2D eigenvalue weighted by atomic mass is 10.2. The summed E-state index contributed by atoms with van der Waals surface area (Å²) >= 11 is 0. The van der Waals surface area contributed by atoms with Gasteiger partial charge in [-0.25, -0.2) is 4.98 Å². The summed E-state index contributed by atoms with van der Waals surface area (Å²) in [5, 5.41) is 13.5. The third kappa shape index (κ3) is 3.39. The van der Waals surface area contributed by atoms with Crippen molar-refractivity contribution in [3.8, 4) is 0 Å². The maximum absolute atomic E-state index is 13.4. The average molecular weight is 279 g/mol. The van der Waals surface area contributed by atoms with Crippen molar-refractivity contribution in [3.05, 3.63) is 57.5 Å². The molecule has 1 N–H and O–H groups in total. The number of hydrogen-bond donors (Lipinski definition) is 1. The second-order valence-corrected chi connectivity index (χ2v) is 4.22. The zero-order chi connectivity index (χ0) is 14.5. The van der Waals surface area contributed by atoms with E-state index in [1.807, 2.05) is 6.92 Å². The Bertz CT molecular complexity index is 613. The molecule has 6 nitrogen and oxygen atoms in total. The van der Waals surface area contributed by atoms with Crippen LogP contribution in [0.2, 0.25) is 0 Å². The van der Waals surface area contributed by atoms with Crippen molar-refractivity contribution in [1.29, 1.82) is 0 Å². The first-order valence-electron chi connectivity index (χ1n) is 6.17. The first-order chi connectivity index (χ1) is 9.60. The number of aryl methyl sites for hydroxylation is 1. The fourth-order valence-corrected chi connectivity index (χ4v) is 1.72. The van der Waals surface area contributed by atoms with Gasteiger partial charge >= 0.3 is 5.69 Å². The molecule has 0 saturated heterocycles. The Kier molecular flexibility index (Phi) is 4.41. The number of nitrogens with one attached hydrogen (secondary N) is 1. The van der Waals surface area contributed by atoms with E-state index in [2.05, 4.69) is 10.3 Å². The van der Waals surface area contributed by atoms with E-state index in [0.29, 0.717) is 24.5 Å². The smallest absolute Gasteiger partial charge is 0.304 e. The van der Waals surface area contributed by atoms with Gasteiger partial charge in [0.15, 0.2) is 0 Å². The highest BCUT2D eigenvalue weighted by atomic mass is 19.1. The first kappa shape index (κ1) is 14.1. The fourth-order valence-electron chi connectivity index (χ4n) is 1.72. The molecule has 0 aliphatic heterocycles. The Balaban J connectivity index is 1.91. The Morgan fingerprint density at radius 3 is 2.85 bits per heavy atom. The fraction of sp³-hybridized carbons (Fsp3) is 0.308. The molecule has 0 aliphatic rings. The Morgan fingerprint density at radius 1 is 1.45 bits per heavy atom. The van der Waals surface area contributed by atoms with E-state index < -0.39 is 16.4 Å². The highest BCUT2D eigenvalue weighted by Crippen LogP contribution is 2.17. The van der Waals surface area contributed by atoms with Crippen LogP contribution in [0.4, 0.5) is 10.1 Å². The average Bonchev–Trinajstić information content (AvgIpc) is 2.86. The lowest BCUT2D eigenvalue weighted by Gasteiger charge is -2.03. The number of nitrogens with zero attached hydrogens (tertiary/aromatic N) is 2. The lowest BCUT2D eigenvalue weighted by molar-refractivity contribution is -0.387. The van der Waals surface area contributed by atoms with Gasteiger partial charge in [-0.2, -0.15) is 4.39 Å². The van der Waals surface area contributed by atoms with E-state index >= 15 is 0 Å². The second kappa shape index (κ2) is 6.25. The minimum Gasteiger partial charge on any atom is -0.444 e. The van der Waals surface area contributed by atoms with Gasteiger partial charge in [0.25, 0.3) is 0 Å². The number of benzene rings is 1. The van der Waals surface area contributed by atoms with Gasteiger partial charge in [-0.3, -0.25) is 10.1 Å². The van der Waals surface area contributed by atoms with Crippen molar-refractivity contribution >= 4 is 5.69 Å². The number of rotatable bonds is 6. The van der Waals surface area contributed by atoms with E-state index in [-0.39, 0.29) is 0 Å². The van der Waals surface area contributed by atoms with Crippen LogP contribution >= 0.6 is 0 Å². The van der Waals surface area contributed by atoms with Crippen molar-refractivity contribution in [2.75, 3.05) is 0 Å². The molecule has 0 unspecified atom stereocenters. The number of hydrogen-bond acceptors (Lipinski definition) is 5. The van der Waals surface area contributed by atoms with Gasteiger partial charge in [0.1, 0.15) is 5.76 Å². The van der Waals surface area contributed by atoms with Crippen LogP contribution in [0.3, 0.4) is 0 Å². The molecule has 0 amide bonds. The SMILES string of the molecule is CCc1cnc(CNCc2ccc([N+](=O)[O-])c(F)c2)o1. The molecule has 106 valence electrons. The minimum absolute atomic E-state index is 0.374. The van der Waals surface area contributed by atoms with E-state index in [0.717, 1.165) is 24.3 Å². The molecule has 0 atom stereocenters. The molecule has 2 aromatic rings. The number of halogens is 1. The third-order valence-corrected chi connectivity index (χ3v) is 2.76. The van der Waals surface area contributed by atoms with E-state index in [9.17, 15) is 14.5 Å². The summed E-state index contributed by atoms with van der Waals surface area (Å²) in [6.07, 6.45) is 2.45. The van der Waals surface area contributed by atoms with Crippen LogP contribution in [0.25, 0.3) is 0 Å². The lowest BCUT2D eigenvalue weighted by Crippen LogP contribution is -2.13. The summed E-state index contributed by atoms with van der Waals surface area (Å²) in [5.41, 5.74) is 0.101. The van der Waals surface area contributed by atoms with Crippen molar-refractivity contribution in [2.45, 2.75) is 26.4 Å². The predicted molar refractivity (Wildman–Crippen MR) is 69.5 cm³/mol. The van der Waals surface area contributed by atoms with E-state index in [1.165, 1.54) is 6.07 Å². The van der Waals surface area contributed by atoms with Gasteiger partial charge in [-0.1, -0.05) is 13.0 Å². The molecule has 1 aromatic heterocycles. The summed E-state index contributed by atoms with van der Waals surface area (Å²) in [5.74, 6) is 0.533. The van der Waals surface area contributed by atoms with E-state index in [1.54, 1.807) is 6.20 Å². The van der Waals surface area contributed by atoms with Crippen molar-refractivity contribution < 1.29 is 13.7 Å². The molecule has 1 heterocycles. The third-order valence-electron chi connectivity index (χ3n) is 2.76. The molecule has 0 saturated carbocycles. The molecule has 0 bridgehead atoms. The van der Waals surface area contributed by atoms with Crippen LogP contribution < -0.4 is 5.32 Å². The van der Waals surface area contributed by atoms with Gasteiger partial charge < -0.3 is 9.73 Å². The maximum Gasteiger partial charge on any atom is 0.304 e. The van der Waals surface area contributed by atoms with Gasteiger partial charge in [0, 0.05) is 19.0 Å². The molecule has 0 aliphatic carbocycles. The number of oxazole rings is 1. The predicted octanol–water partition coefficient (Wildman–Crippen LogP) is 2.57. The number of nitro groups is 1. The zero-order valence-corrected chi connectivity index (χ0v) is 10.9. The van der Waals surface area contributed by atoms with Crippen LogP contribution in [-0.4, -0.2) is 9.91 Å². The Morgan fingerprint density at radius 2 is 2.25 bits per heavy atom. The highest BCUT2D eigenvalue weighted by Gasteiger charge is 2.13. The number of aromatic nitrogens is 1. The normalized spacial score (nSPS) is 10.7. The molecular weight excluding hydrogens is 265 g/mol. The summed E-state index contributed by atoms with van der Waals surface area (Å²) in [4.78, 5) is 13.8. The molecule has 2 rings (SSSR count). The van der Waals surface area contributed by atoms with Crippen LogP contribution in [0, 0.1) is 15.9 Å². The van der Waals surface area contributed by atoms with Gasteiger partial charge in [-0.05, 0) is 11.6 Å². The van der Waals surface area contributed by atoms with Crippen molar-refractivity contribution in [2.24, 2.45) is 0 Å². The number of nitro benzene ring substituents is 1. The topological polar surface area (TPSA) is 81.2 Å². The van der Waals surface area contributed by atoms with E-state index in [4.69, 9.17) is 4.42 Å². The molecule has 7 heteroatoms. The van der Waals surface area contributed by atoms with Crippen LogP contribution in [0.1, 0.15) is 24.1 Å². The standard InChI is InChI=1S/C13H14FN3O3/c1-2-10-7-16-13(20-10)8-15-6-9-3-4-12(17(18)19)11(14)5-9/h3-5,7,15H,2,6,8H2,1H3. The van der Waals surface area contributed by atoms with Crippen LogP contribution in [0.5, 0.6) is 0 Å². The summed E-state index contributed by atoms with van der Waals surface area (Å²) in [6, 6.07) is 3.83. The first-order valence-corrected chi connectivity index (χ1v) is 6.17. The summed E-state index contributed by atoms with van der Waals surface area (Å²) in [7, 11) is 0. The Labute approximate surface area is 114 Å². The van der Waals surface area contributed by atoms with Crippen molar-refractivity contribution in [3.63, 3.8) is 0 Å². The van der Waals surface area contributed by atoms with Crippen molar-refractivity contribution in [1.82, 2.24) is 10.3 Å². The molecule has 1 aromatic carbocycles. The van der Waals surface area contributed by atoms with Gasteiger partial charge in [0.05, 0.1) is 17.7 Å². The van der Waals surface area contributed by atoms with Gasteiger partial charge in [0.2, 0.25) is 11.7 Å². The minimum atomic E-state index is -0.835. The molecule has 0 spiro atoms. The largest absolute Gasteiger partial charge is 0.444 e. The molecule has 0 radical (unpaired) electrons. The highest BCUT2D eigenvalue weighted by molar-refractivity contribution is 5.34. The Hall–Kier alpha value is -2.28. The zero-order valence-electron chi connectivity index (χ0n) is 10.9. The second-order valence-electron chi connectivity index (χ2n) is 4.22. The summed E-state index contributed by atoms with van der Waals surface area (Å²) in [6.45, 7) is 2.76.